The molecule has 1 saturated heterocycles. The van der Waals surface area contributed by atoms with Crippen molar-refractivity contribution in [1.82, 2.24) is 9.88 Å². The van der Waals surface area contributed by atoms with Crippen molar-refractivity contribution in [2.75, 3.05) is 26.5 Å². The van der Waals surface area contributed by atoms with Crippen LogP contribution in [0.2, 0.25) is 0 Å². The summed E-state index contributed by atoms with van der Waals surface area (Å²) in [6.45, 7) is 14.8. The predicted molar refractivity (Wildman–Crippen MR) is 120 cm³/mol. The number of ether oxygens (including phenoxy) is 3. The lowest BCUT2D eigenvalue weighted by atomic mass is 10.1. The summed E-state index contributed by atoms with van der Waals surface area (Å²) < 4.78 is 16.4. The first-order chi connectivity index (χ1) is 13.4. The molecule has 0 bridgehead atoms. The van der Waals surface area contributed by atoms with Gasteiger partial charge >= 0.3 is 6.09 Å². The number of carbonyl (C=O) groups excluding carboxylic acids is 1. The summed E-state index contributed by atoms with van der Waals surface area (Å²) in [6, 6.07) is 3.51. The Balaban J connectivity index is 0. The molecule has 1 aromatic rings. The van der Waals surface area contributed by atoms with Crippen LogP contribution in [0.15, 0.2) is 18.3 Å². The second-order valence-electron chi connectivity index (χ2n) is 6.34. The topological polar surface area (TPSA) is 60.9 Å². The van der Waals surface area contributed by atoms with E-state index in [9.17, 15) is 4.79 Å². The molecule has 1 atom stereocenters. The van der Waals surface area contributed by atoms with Crippen LogP contribution in [-0.2, 0) is 4.74 Å². The highest BCUT2D eigenvalue weighted by molar-refractivity contribution is 7.79. The normalized spacial score (nSPS) is 15.4. The van der Waals surface area contributed by atoms with Crippen LogP contribution >= 0.6 is 12.6 Å². The number of pyridine rings is 1. The molecule has 0 spiro atoms. The molecule has 0 radical (unpaired) electrons. The summed E-state index contributed by atoms with van der Waals surface area (Å²) in [5.41, 5.74) is -0.487. The van der Waals surface area contributed by atoms with E-state index in [2.05, 4.69) is 17.6 Å². The second-order valence-corrected chi connectivity index (χ2v) is 6.34. The summed E-state index contributed by atoms with van der Waals surface area (Å²) in [5, 5.41) is 0. The summed E-state index contributed by atoms with van der Waals surface area (Å²) in [4.78, 5) is 18.0. The third-order valence-electron chi connectivity index (χ3n) is 3.26. The molecule has 7 heteroatoms. The van der Waals surface area contributed by atoms with Crippen molar-refractivity contribution in [1.29, 1.82) is 0 Å². The smallest absolute Gasteiger partial charge is 0.410 e. The lowest BCUT2D eigenvalue weighted by molar-refractivity contribution is 0.00719. The van der Waals surface area contributed by atoms with Crippen LogP contribution in [0, 0.1) is 0 Å². The van der Waals surface area contributed by atoms with Crippen LogP contribution in [0.4, 0.5) is 4.79 Å². The largest absolute Gasteiger partial charge is 0.497 e. The van der Waals surface area contributed by atoms with Crippen molar-refractivity contribution in [2.45, 2.75) is 73.0 Å². The Morgan fingerprint density at radius 2 is 1.82 bits per heavy atom. The molecule has 6 nitrogen and oxygen atoms in total. The summed E-state index contributed by atoms with van der Waals surface area (Å²) in [5.74, 6) is 1.21. The zero-order chi connectivity index (χ0) is 22.2. The van der Waals surface area contributed by atoms with Gasteiger partial charge < -0.3 is 19.1 Å². The van der Waals surface area contributed by atoms with Crippen LogP contribution < -0.4 is 9.47 Å². The van der Waals surface area contributed by atoms with Gasteiger partial charge in [-0.3, -0.25) is 0 Å². The highest BCUT2D eigenvalue weighted by Crippen LogP contribution is 2.21. The SMILES string of the molecule is CC.CC.COc1ccnc(O[C@@H]2CCCN(C(=O)OC(C)(C)C)C2)c1.CS. The zero-order valence-corrected chi connectivity index (χ0v) is 20.0. The zero-order valence-electron chi connectivity index (χ0n) is 19.1. The van der Waals surface area contributed by atoms with E-state index in [4.69, 9.17) is 14.2 Å². The minimum Gasteiger partial charge on any atom is -0.497 e. The number of likely N-dealkylation sites (tertiary alicyclic amines) is 1. The van der Waals surface area contributed by atoms with Crippen molar-refractivity contribution in [3.05, 3.63) is 18.3 Å². The Morgan fingerprint density at radius 3 is 2.36 bits per heavy atom. The van der Waals surface area contributed by atoms with Gasteiger partial charge in [-0.1, -0.05) is 27.7 Å². The van der Waals surface area contributed by atoms with E-state index in [0.29, 0.717) is 24.7 Å². The maximum Gasteiger partial charge on any atom is 0.410 e. The number of amides is 1. The third-order valence-corrected chi connectivity index (χ3v) is 3.26. The lowest BCUT2D eigenvalue weighted by Gasteiger charge is -2.33. The maximum absolute atomic E-state index is 12.1. The monoisotopic (exact) mass is 416 g/mol. The van der Waals surface area contributed by atoms with Gasteiger partial charge in [0.05, 0.1) is 13.7 Å². The van der Waals surface area contributed by atoms with Crippen LogP contribution in [0.3, 0.4) is 0 Å². The molecular formula is C21H40N2O4S. The Morgan fingerprint density at radius 1 is 1.21 bits per heavy atom. The van der Waals surface area contributed by atoms with E-state index in [1.165, 1.54) is 0 Å². The van der Waals surface area contributed by atoms with Crippen molar-refractivity contribution >= 4 is 18.7 Å². The number of hydrogen-bond donors (Lipinski definition) is 1. The molecule has 0 saturated carbocycles. The highest BCUT2D eigenvalue weighted by Gasteiger charge is 2.28. The first-order valence-corrected chi connectivity index (χ1v) is 10.9. The third kappa shape index (κ3) is 12.0. The quantitative estimate of drug-likeness (QED) is 0.662. The average Bonchev–Trinajstić information content (AvgIpc) is 2.71. The molecular weight excluding hydrogens is 376 g/mol. The van der Waals surface area contributed by atoms with E-state index in [1.54, 1.807) is 36.6 Å². The van der Waals surface area contributed by atoms with Gasteiger partial charge in [0, 0.05) is 18.8 Å². The van der Waals surface area contributed by atoms with Gasteiger partial charge in [0.2, 0.25) is 5.88 Å². The van der Waals surface area contributed by atoms with Gasteiger partial charge in [-0.2, -0.15) is 12.6 Å². The fourth-order valence-corrected chi connectivity index (χ4v) is 2.28. The van der Waals surface area contributed by atoms with Gasteiger partial charge in [-0.15, -0.1) is 0 Å². The molecule has 28 heavy (non-hydrogen) atoms. The minimum absolute atomic E-state index is 0.0825. The van der Waals surface area contributed by atoms with E-state index in [-0.39, 0.29) is 12.2 Å². The van der Waals surface area contributed by atoms with Crippen LogP contribution in [0.5, 0.6) is 11.6 Å². The Kier molecular flexibility index (Phi) is 16.7. The van der Waals surface area contributed by atoms with E-state index >= 15 is 0 Å². The van der Waals surface area contributed by atoms with E-state index in [0.717, 1.165) is 12.8 Å². The van der Waals surface area contributed by atoms with E-state index < -0.39 is 5.60 Å². The number of piperidine rings is 1. The number of rotatable bonds is 3. The van der Waals surface area contributed by atoms with Crippen molar-refractivity contribution in [3.63, 3.8) is 0 Å². The molecule has 2 rings (SSSR count). The molecule has 1 amide bonds. The first kappa shape index (κ1) is 28.6. The van der Waals surface area contributed by atoms with Gasteiger partial charge in [0.1, 0.15) is 17.5 Å². The van der Waals surface area contributed by atoms with Crippen molar-refractivity contribution < 1.29 is 19.0 Å². The average molecular weight is 417 g/mol. The molecule has 164 valence electrons. The van der Waals surface area contributed by atoms with Gasteiger partial charge in [-0.05, 0) is 45.9 Å². The molecule has 1 aliphatic rings. The Labute approximate surface area is 177 Å². The number of carbonyl (C=O) groups is 1. The molecule has 1 aliphatic heterocycles. The highest BCUT2D eigenvalue weighted by atomic mass is 32.1. The molecule has 0 aliphatic carbocycles. The fraction of sp³-hybridized carbons (Fsp3) is 0.714. The van der Waals surface area contributed by atoms with Crippen LogP contribution in [-0.4, -0.2) is 54.1 Å². The Hall–Kier alpha value is -1.63. The molecule has 1 fully saturated rings. The van der Waals surface area contributed by atoms with Gasteiger partial charge in [-0.25, -0.2) is 9.78 Å². The Bertz CT molecular complexity index is 521. The summed E-state index contributed by atoms with van der Waals surface area (Å²) in [7, 11) is 1.60. The lowest BCUT2D eigenvalue weighted by Crippen LogP contribution is -2.46. The van der Waals surface area contributed by atoms with Crippen LogP contribution in [0.1, 0.15) is 61.3 Å². The molecule has 2 heterocycles. The molecule has 0 unspecified atom stereocenters. The second kappa shape index (κ2) is 16.3. The van der Waals surface area contributed by atoms with E-state index in [1.807, 2.05) is 48.5 Å². The summed E-state index contributed by atoms with van der Waals surface area (Å²) in [6.07, 6.45) is 4.73. The fourth-order valence-electron chi connectivity index (χ4n) is 2.28. The first-order valence-electron chi connectivity index (χ1n) is 9.97. The number of thiol groups is 1. The standard InChI is InChI=1S/C16H24N2O4.2C2H6.CH4S/c1-16(2,3)22-15(19)18-9-5-6-13(11-18)21-14-10-12(20-4)7-8-17-14;3*1-2/h7-8,10,13H,5-6,9,11H2,1-4H3;2*1-2H3;2H,1H3/t13-;;;/m1.../s1. The molecule has 1 aromatic heterocycles. The van der Waals surface area contributed by atoms with Crippen molar-refractivity contribution in [3.8, 4) is 11.6 Å². The predicted octanol–water partition coefficient (Wildman–Crippen LogP) is 5.47. The summed E-state index contributed by atoms with van der Waals surface area (Å²) >= 11 is 3.53. The number of methoxy groups -OCH3 is 1. The maximum atomic E-state index is 12.1. The minimum atomic E-state index is -0.487. The molecule has 0 aromatic carbocycles. The van der Waals surface area contributed by atoms with Gasteiger partial charge in [0.25, 0.3) is 0 Å². The molecule has 0 N–H and O–H groups in total. The van der Waals surface area contributed by atoms with Crippen LogP contribution in [0.25, 0.3) is 0 Å². The van der Waals surface area contributed by atoms with Gasteiger partial charge in [0.15, 0.2) is 0 Å². The van der Waals surface area contributed by atoms with Crippen molar-refractivity contribution in [2.24, 2.45) is 0 Å². The number of nitrogens with zero attached hydrogens (tertiary/aromatic N) is 2. The number of hydrogen-bond acceptors (Lipinski definition) is 6. The number of aromatic nitrogens is 1.